The van der Waals surface area contributed by atoms with E-state index in [1.165, 1.54) is 6.92 Å². The SMILES string of the molecule is CCCN(CC(=O)Nc1ccc(F)c(F)c1F)CC(=O)N1CCN(C(C)=O)CC1. The molecule has 0 radical (unpaired) electrons. The molecule has 3 amide bonds. The molecule has 29 heavy (non-hydrogen) atoms. The number of rotatable bonds is 7. The lowest BCUT2D eigenvalue weighted by Gasteiger charge is -2.35. The van der Waals surface area contributed by atoms with Gasteiger partial charge in [0.25, 0.3) is 0 Å². The fraction of sp³-hybridized carbons (Fsp3) is 0.526. The summed E-state index contributed by atoms with van der Waals surface area (Å²) in [5.74, 6) is -5.33. The van der Waals surface area contributed by atoms with Gasteiger partial charge in [-0.25, -0.2) is 13.2 Å². The minimum Gasteiger partial charge on any atom is -0.339 e. The van der Waals surface area contributed by atoms with E-state index in [9.17, 15) is 27.6 Å². The molecular weight excluding hydrogens is 389 g/mol. The molecule has 0 bridgehead atoms. The van der Waals surface area contributed by atoms with Crippen LogP contribution in [0.3, 0.4) is 0 Å². The topological polar surface area (TPSA) is 73.0 Å². The van der Waals surface area contributed by atoms with Gasteiger partial charge in [-0.3, -0.25) is 19.3 Å². The molecule has 0 atom stereocenters. The molecule has 0 spiro atoms. The first-order valence-corrected chi connectivity index (χ1v) is 9.42. The standard InChI is InChI=1S/C19H25F3N4O3/c1-3-6-24(12-17(29)26-9-7-25(8-10-26)13(2)27)11-16(28)23-15-5-4-14(20)18(21)19(15)22/h4-5H,3,6-12H2,1-2H3,(H,23,28). The number of benzene rings is 1. The third kappa shape index (κ3) is 6.18. The largest absolute Gasteiger partial charge is 0.339 e. The predicted octanol–water partition coefficient (Wildman–Crippen LogP) is 1.45. The molecule has 1 aromatic carbocycles. The van der Waals surface area contributed by atoms with Crippen molar-refractivity contribution in [3.8, 4) is 0 Å². The highest BCUT2D eigenvalue weighted by Crippen LogP contribution is 2.19. The quantitative estimate of drug-likeness (QED) is 0.686. The third-order valence-electron chi connectivity index (χ3n) is 4.65. The van der Waals surface area contributed by atoms with Crippen molar-refractivity contribution >= 4 is 23.4 Å². The van der Waals surface area contributed by atoms with Crippen LogP contribution in [0, 0.1) is 17.5 Å². The Bertz CT molecular complexity index is 767. The first-order chi connectivity index (χ1) is 13.7. The predicted molar refractivity (Wildman–Crippen MR) is 101 cm³/mol. The molecule has 1 aliphatic heterocycles. The molecule has 1 fully saturated rings. The summed E-state index contributed by atoms with van der Waals surface area (Å²) in [5.41, 5.74) is -0.461. The summed E-state index contributed by atoms with van der Waals surface area (Å²) in [4.78, 5) is 41.0. The lowest BCUT2D eigenvalue weighted by molar-refractivity contribution is -0.139. The number of nitrogens with zero attached hydrogens (tertiary/aromatic N) is 3. The van der Waals surface area contributed by atoms with Gasteiger partial charge in [-0.2, -0.15) is 0 Å². The van der Waals surface area contributed by atoms with Crippen LogP contribution in [-0.4, -0.2) is 78.2 Å². The number of carbonyl (C=O) groups is 3. The summed E-state index contributed by atoms with van der Waals surface area (Å²) < 4.78 is 40.0. The molecule has 0 saturated carbocycles. The normalized spacial score (nSPS) is 14.3. The second kappa shape index (κ2) is 10.2. The number of amides is 3. The van der Waals surface area contributed by atoms with Crippen molar-refractivity contribution in [2.45, 2.75) is 20.3 Å². The molecule has 7 nitrogen and oxygen atoms in total. The van der Waals surface area contributed by atoms with E-state index in [1.807, 2.05) is 6.92 Å². The van der Waals surface area contributed by atoms with E-state index in [0.717, 1.165) is 12.1 Å². The third-order valence-corrected chi connectivity index (χ3v) is 4.65. The summed E-state index contributed by atoms with van der Waals surface area (Å²) in [6.07, 6.45) is 0.679. The fourth-order valence-electron chi connectivity index (χ4n) is 3.11. The van der Waals surface area contributed by atoms with Gasteiger partial charge in [0.15, 0.2) is 17.5 Å². The van der Waals surface area contributed by atoms with Gasteiger partial charge in [0.2, 0.25) is 17.7 Å². The summed E-state index contributed by atoms with van der Waals surface area (Å²) in [6.45, 7) is 5.37. The average Bonchev–Trinajstić information content (AvgIpc) is 2.68. The van der Waals surface area contributed by atoms with Crippen LogP contribution in [0.2, 0.25) is 0 Å². The van der Waals surface area contributed by atoms with E-state index in [0.29, 0.717) is 39.1 Å². The maximum Gasteiger partial charge on any atom is 0.238 e. The number of nitrogens with one attached hydrogen (secondary N) is 1. The monoisotopic (exact) mass is 414 g/mol. The Balaban J connectivity index is 1.92. The van der Waals surface area contributed by atoms with E-state index in [2.05, 4.69) is 5.32 Å². The Morgan fingerprint density at radius 1 is 1.00 bits per heavy atom. The van der Waals surface area contributed by atoms with E-state index in [-0.39, 0.29) is 24.9 Å². The van der Waals surface area contributed by atoms with Crippen molar-refractivity contribution in [1.29, 1.82) is 0 Å². The molecule has 1 saturated heterocycles. The van der Waals surface area contributed by atoms with Crippen LogP contribution >= 0.6 is 0 Å². The van der Waals surface area contributed by atoms with Crippen molar-refractivity contribution in [2.24, 2.45) is 0 Å². The lowest BCUT2D eigenvalue weighted by atomic mass is 10.2. The molecule has 2 rings (SSSR count). The van der Waals surface area contributed by atoms with Crippen LogP contribution in [0.5, 0.6) is 0 Å². The van der Waals surface area contributed by atoms with Crippen molar-refractivity contribution in [1.82, 2.24) is 14.7 Å². The molecule has 160 valence electrons. The van der Waals surface area contributed by atoms with Gasteiger partial charge in [-0.15, -0.1) is 0 Å². The maximum atomic E-state index is 13.7. The van der Waals surface area contributed by atoms with Gasteiger partial charge in [-0.05, 0) is 25.1 Å². The lowest BCUT2D eigenvalue weighted by Crippen LogP contribution is -2.52. The molecule has 0 unspecified atom stereocenters. The average molecular weight is 414 g/mol. The van der Waals surface area contributed by atoms with E-state index in [4.69, 9.17) is 0 Å². The maximum absolute atomic E-state index is 13.7. The Morgan fingerprint density at radius 2 is 1.62 bits per heavy atom. The molecule has 1 N–H and O–H groups in total. The van der Waals surface area contributed by atoms with Gasteiger partial charge in [0.05, 0.1) is 18.8 Å². The Hall–Kier alpha value is -2.62. The van der Waals surface area contributed by atoms with Crippen molar-refractivity contribution in [2.75, 3.05) is 51.1 Å². The number of hydrogen-bond acceptors (Lipinski definition) is 4. The number of piperazine rings is 1. The molecule has 0 aromatic heterocycles. The Kier molecular flexibility index (Phi) is 8.00. The Labute approximate surface area is 167 Å². The van der Waals surface area contributed by atoms with E-state index >= 15 is 0 Å². The summed E-state index contributed by atoms with van der Waals surface area (Å²) in [5, 5.41) is 2.21. The molecule has 1 aromatic rings. The zero-order valence-electron chi connectivity index (χ0n) is 16.5. The second-order valence-electron chi connectivity index (χ2n) is 6.87. The van der Waals surface area contributed by atoms with Crippen LogP contribution in [0.15, 0.2) is 12.1 Å². The summed E-state index contributed by atoms with van der Waals surface area (Å²) in [6, 6.07) is 1.66. The van der Waals surface area contributed by atoms with Gasteiger partial charge < -0.3 is 15.1 Å². The highest BCUT2D eigenvalue weighted by Gasteiger charge is 2.24. The Morgan fingerprint density at radius 3 is 2.21 bits per heavy atom. The van der Waals surface area contributed by atoms with E-state index in [1.54, 1.807) is 14.7 Å². The zero-order chi connectivity index (χ0) is 21.6. The fourth-order valence-corrected chi connectivity index (χ4v) is 3.11. The molecule has 1 aliphatic rings. The number of halogens is 3. The highest BCUT2D eigenvalue weighted by atomic mass is 19.2. The minimum atomic E-state index is -1.66. The van der Waals surface area contributed by atoms with Gasteiger partial charge in [0, 0.05) is 33.1 Å². The second-order valence-corrected chi connectivity index (χ2v) is 6.87. The molecular formula is C19H25F3N4O3. The van der Waals surface area contributed by atoms with Crippen LogP contribution in [0.1, 0.15) is 20.3 Å². The van der Waals surface area contributed by atoms with Crippen molar-refractivity contribution in [3.05, 3.63) is 29.6 Å². The first kappa shape index (κ1) is 22.7. The minimum absolute atomic E-state index is 0.0123. The smallest absolute Gasteiger partial charge is 0.238 e. The van der Waals surface area contributed by atoms with Crippen LogP contribution in [0.4, 0.5) is 18.9 Å². The molecule has 10 heteroatoms. The highest BCUT2D eigenvalue weighted by molar-refractivity contribution is 5.92. The van der Waals surface area contributed by atoms with Crippen LogP contribution in [0.25, 0.3) is 0 Å². The van der Waals surface area contributed by atoms with Gasteiger partial charge in [-0.1, -0.05) is 6.92 Å². The van der Waals surface area contributed by atoms with Crippen molar-refractivity contribution in [3.63, 3.8) is 0 Å². The zero-order valence-corrected chi connectivity index (χ0v) is 16.5. The number of carbonyl (C=O) groups excluding carboxylic acids is 3. The number of anilines is 1. The summed E-state index contributed by atoms with van der Waals surface area (Å²) in [7, 11) is 0. The van der Waals surface area contributed by atoms with Gasteiger partial charge >= 0.3 is 0 Å². The first-order valence-electron chi connectivity index (χ1n) is 9.42. The van der Waals surface area contributed by atoms with Crippen LogP contribution < -0.4 is 5.32 Å². The van der Waals surface area contributed by atoms with Crippen LogP contribution in [-0.2, 0) is 14.4 Å². The molecule has 0 aliphatic carbocycles. The number of hydrogen-bond donors (Lipinski definition) is 1. The van der Waals surface area contributed by atoms with Crippen molar-refractivity contribution < 1.29 is 27.6 Å². The van der Waals surface area contributed by atoms with Gasteiger partial charge in [0.1, 0.15) is 0 Å². The molecule has 1 heterocycles. The summed E-state index contributed by atoms with van der Waals surface area (Å²) >= 11 is 0. The van der Waals surface area contributed by atoms with E-state index < -0.39 is 29.0 Å².